The van der Waals surface area contributed by atoms with E-state index in [-0.39, 0.29) is 22.4 Å². The van der Waals surface area contributed by atoms with Gasteiger partial charge in [-0.25, -0.2) is 14.1 Å². The average molecular weight is 711 g/mol. The van der Waals surface area contributed by atoms with Crippen molar-refractivity contribution in [3.05, 3.63) is 106 Å². The normalized spacial score (nSPS) is 14.4. The number of hydrogen-bond acceptors (Lipinski definition) is 8. The van der Waals surface area contributed by atoms with Crippen molar-refractivity contribution >= 4 is 34.9 Å². The van der Waals surface area contributed by atoms with Crippen LogP contribution in [0.2, 0.25) is 5.02 Å². The molecule has 0 atom stereocenters. The Balaban J connectivity index is 1.04. The van der Waals surface area contributed by atoms with Gasteiger partial charge in [0.25, 0.3) is 11.8 Å². The highest BCUT2D eigenvalue weighted by Gasteiger charge is 2.29. The first-order chi connectivity index (χ1) is 24.6. The highest BCUT2D eigenvalue weighted by molar-refractivity contribution is 6.34. The van der Waals surface area contributed by atoms with Crippen LogP contribution in [0, 0.1) is 5.82 Å². The van der Waals surface area contributed by atoms with Gasteiger partial charge in [-0.15, -0.1) is 0 Å². The van der Waals surface area contributed by atoms with E-state index in [0.29, 0.717) is 41.3 Å². The van der Waals surface area contributed by atoms with Crippen molar-refractivity contribution in [3.8, 4) is 16.9 Å². The second-order valence-electron chi connectivity index (χ2n) is 13.3. The number of amides is 2. The van der Waals surface area contributed by atoms with Gasteiger partial charge in [0.15, 0.2) is 5.69 Å². The number of carbonyl (C=O) groups excluding carboxylic acids is 2. The first kappa shape index (κ1) is 34.3. The summed E-state index contributed by atoms with van der Waals surface area (Å²) in [4.78, 5) is 37.3. The summed E-state index contributed by atoms with van der Waals surface area (Å²) in [5.74, 6) is -0.699. The van der Waals surface area contributed by atoms with E-state index < -0.39 is 5.91 Å². The van der Waals surface area contributed by atoms with Crippen molar-refractivity contribution < 1.29 is 14.0 Å². The van der Waals surface area contributed by atoms with Crippen LogP contribution in [0.25, 0.3) is 16.9 Å². The number of pyridine rings is 1. The van der Waals surface area contributed by atoms with Crippen molar-refractivity contribution in [1.29, 1.82) is 0 Å². The van der Waals surface area contributed by atoms with Crippen molar-refractivity contribution in [3.63, 3.8) is 0 Å². The van der Waals surface area contributed by atoms with Crippen LogP contribution in [0.15, 0.2) is 67.1 Å². The van der Waals surface area contributed by atoms with E-state index in [9.17, 15) is 14.0 Å². The molecule has 2 amide bonds. The Morgan fingerprint density at radius 2 is 1.80 bits per heavy atom. The molecule has 0 saturated carbocycles. The Bertz CT molecular complexity index is 2070. The number of nitrogens with one attached hydrogen (secondary N) is 1. The van der Waals surface area contributed by atoms with Crippen LogP contribution in [-0.4, -0.2) is 93.0 Å². The van der Waals surface area contributed by atoms with Crippen LogP contribution in [0.5, 0.6) is 0 Å². The molecule has 1 fully saturated rings. The van der Waals surface area contributed by atoms with Crippen LogP contribution >= 0.6 is 11.6 Å². The molecule has 3 aromatic heterocycles. The first-order valence-corrected chi connectivity index (χ1v) is 17.4. The summed E-state index contributed by atoms with van der Waals surface area (Å²) in [7, 11) is 4.16. The van der Waals surface area contributed by atoms with E-state index in [1.165, 1.54) is 23.9 Å². The molecule has 4 heterocycles. The molecule has 14 heteroatoms. The maximum atomic E-state index is 13.8. The van der Waals surface area contributed by atoms with Gasteiger partial charge in [0.1, 0.15) is 11.6 Å². The summed E-state index contributed by atoms with van der Waals surface area (Å²) in [6, 6.07) is 13.3. The number of fused-ring (bicyclic) bond motifs is 3. The number of primary amides is 1. The number of piperazine rings is 1. The third-order valence-electron chi connectivity index (χ3n) is 9.42. The number of halogens is 2. The fraction of sp³-hybridized carbons (Fsp3) is 0.324. The minimum atomic E-state index is -0.636. The minimum absolute atomic E-state index is 0.175. The number of rotatable bonds is 11. The highest BCUT2D eigenvalue weighted by atomic mass is 35.5. The fourth-order valence-corrected chi connectivity index (χ4v) is 7.00. The molecule has 0 radical (unpaired) electrons. The molecule has 1 aliphatic heterocycles. The molecule has 1 saturated heterocycles. The summed E-state index contributed by atoms with van der Waals surface area (Å²) < 4.78 is 17.4. The molecular formula is C37H40ClFN10O2. The molecule has 3 N–H and O–H groups in total. The summed E-state index contributed by atoms with van der Waals surface area (Å²) >= 11 is 6.53. The zero-order valence-corrected chi connectivity index (χ0v) is 29.4. The number of hydrogen-bond donors (Lipinski definition) is 2. The van der Waals surface area contributed by atoms with Crippen molar-refractivity contribution in [2.45, 2.75) is 32.4 Å². The lowest BCUT2D eigenvalue weighted by Crippen LogP contribution is -2.46. The number of nitrogens with two attached hydrogens (primary N) is 1. The number of aromatic nitrogens is 5. The lowest BCUT2D eigenvalue weighted by Gasteiger charge is -2.35. The zero-order valence-electron chi connectivity index (χ0n) is 28.6. The third kappa shape index (κ3) is 7.51. The monoisotopic (exact) mass is 710 g/mol. The Kier molecular flexibility index (Phi) is 9.85. The van der Waals surface area contributed by atoms with Crippen molar-refractivity contribution in [2.75, 3.05) is 57.0 Å². The van der Waals surface area contributed by atoms with Gasteiger partial charge in [0, 0.05) is 74.0 Å². The average Bonchev–Trinajstić information content (AvgIpc) is 3.74. The van der Waals surface area contributed by atoms with Gasteiger partial charge in [-0.3, -0.25) is 19.2 Å². The van der Waals surface area contributed by atoms with Crippen molar-refractivity contribution in [1.82, 2.24) is 34.3 Å². The van der Waals surface area contributed by atoms with E-state index >= 15 is 0 Å². The highest BCUT2D eigenvalue weighted by Crippen LogP contribution is 2.38. The third-order valence-corrected chi connectivity index (χ3v) is 9.72. The van der Waals surface area contributed by atoms with Gasteiger partial charge in [-0.2, -0.15) is 10.2 Å². The van der Waals surface area contributed by atoms with E-state index in [4.69, 9.17) is 17.3 Å². The molecule has 51 heavy (non-hydrogen) atoms. The molecule has 7 rings (SSSR count). The lowest BCUT2D eigenvalue weighted by molar-refractivity contribution is 0.0992. The van der Waals surface area contributed by atoms with Gasteiger partial charge in [0.2, 0.25) is 0 Å². The molecule has 2 aliphatic rings. The second-order valence-corrected chi connectivity index (χ2v) is 13.7. The number of aryl methyl sites for hydroxylation is 2. The molecule has 0 spiro atoms. The molecule has 264 valence electrons. The molecular weight excluding hydrogens is 671 g/mol. The number of benzene rings is 2. The van der Waals surface area contributed by atoms with E-state index in [1.54, 1.807) is 22.9 Å². The van der Waals surface area contributed by atoms with Crippen LogP contribution in [0.4, 0.5) is 15.9 Å². The smallest absolute Gasteiger partial charge is 0.269 e. The van der Waals surface area contributed by atoms with E-state index in [1.807, 2.05) is 29.1 Å². The zero-order chi connectivity index (χ0) is 35.6. The van der Waals surface area contributed by atoms with Gasteiger partial charge in [0.05, 0.1) is 28.2 Å². The molecule has 12 nitrogen and oxygen atoms in total. The minimum Gasteiger partial charge on any atom is -0.364 e. The predicted octanol–water partition coefficient (Wildman–Crippen LogP) is 4.65. The quantitative estimate of drug-likeness (QED) is 0.203. The van der Waals surface area contributed by atoms with Crippen LogP contribution in [-0.2, 0) is 25.9 Å². The Morgan fingerprint density at radius 3 is 2.55 bits per heavy atom. The standard InChI is InChI=1S/C37H40ClFN10O2/c1-45(2)12-3-13-48-23-24(20-42-48)22-46-14-16-47(17-15-46)33-19-31(32(38)21-41-33)37(51)43-27-8-4-25-5-11-29-34(36(40)50)44-49(35(29)30(25)18-27)28-9-6-26(39)7-10-28/h4,6-10,18-21,23H,3,5,11-17,22H2,1-2H3,(H2,40,50)(H,43,51). The summed E-state index contributed by atoms with van der Waals surface area (Å²) in [5.41, 5.74) is 11.8. The number of nitrogens with zero attached hydrogens (tertiary/aromatic N) is 8. The van der Waals surface area contributed by atoms with Gasteiger partial charge in [-0.1, -0.05) is 17.7 Å². The summed E-state index contributed by atoms with van der Waals surface area (Å²) in [5, 5.41) is 12.3. The molecule has 1 aliphatic carbocycles. The Morgan fingerprint density at radius 1 is 1.02 bits per heavy atom. The fourth-order valence-electron chi connectivity index (χ4n) is 6.81. The van der Waals surface area contributed by atoms with Crippen LogP contribution in [0.1, 0.15) is 44.0 Å². The second kappa shape index (κ2) is 14.6. The van der Waals surface area contributed by atoms with Crippen LogP contribution in [0.3, 0.4) is 0 Å². The van der Waals surface area contributed by atoms with Crippen LogP contribution < -0.4 is 16.0 Å². The first-order valence-electron chi connectivity index (χ1n) is 17.0. The number of anilines is 2. The Labute approximate surface area is 300 Å². The van der Waals surface area contributed by atoms with Crippen molar-refractivity contribution in [2.24, 2.45) is 5.73 Å². The maximum absolute atomic E-state index is 13.8. The number of carbonyl (C=O) groups is 2. The van der Waals surface area contributed by atoms with Gasteiger partial charge in [-0.05, 0) is 87.9 Å². The molecule has 5 aromatic rings. The SMILES string of the molecule is CN(C)CCCn1cc(CN2CCN(c3cc(C(=O)Nc4ccc5c(c4)-c4c(c(C(N)=O)nn4-c4ccc(F)cc4)CC5)c(Cl)cn3)CC2)cn1. The Hall–Kier alpha value is -5.11. The topological polar surface area (TPSA) is 130 Å². The summed E-state index contributed by atoms with van der Waals surface area (Å²) in [6.07, 6.45) is 7.90. The molecule has 2 aromatic carbocycles. The largest absolute Gasteiger partial charge is 0.364 e. The van der Waals surface area contributed by atoms with E-state index in [2.05, 4.69) is 55.5 Å². The molecule has 0 unspecified atom stereocenters. The van der Waals surface area contributed by atoms with E-state index in [0.717, 1.165) is 68.9 Å². The van der Waals surface area contributed by atoms with Gasteiger partial charge >= 0.3 is 0 Å². The summed E-state index contributed by atoms with van der Waals surface area (Å²) in [6.45, 7) is 5.98. The predicted molar refractivity (Wildman–Crippen MR) is 195 cm³/mol. The molecule has 0 bridgehead atoms. The maximum Gasteiger partial charge on any atom is 0.269 e. The lowest BCUT2D eigenvalue weighted by atomic mass is 9.88. The van der Waals surface area contributed by atoms with Gasteiger partial charge < -0.3 is 20.9 Å².